The third kappa shape index (κ3) is 7.40. The molecule has 0 bridgehead atoms. The van der Waals surface area contributed by atoms with Crippen molar-refractivity contribution in [3.8, 4) is 0 Å². The first-order chi connectivity index (χ1) is 7.38. The Hall–Kier alpha value is -0.530. The number of nitrogens with zero attached hydrogens (tertiary/aromatic N) is 1. The highest BCUT2D eigenvalue weighted by molar-refractivity contribution is 5.47. The van der Waals surface area contributed by atoms with Gasteiger partial charge in [-0.15, -0.1) is 0 Å². The Morgan fingerprint density at radius 1 is 1.07 bits per heavy atom. The van der Waals surface area contributed by atoms with Gasteiger partial charge in [-0.2, -0.15) is 0 Å². The van der Waals surface area contributed by atoms with Crippen LogP contribution in [-0.2, 0) is 4.79 Å². The Bertz CT molecular complexity index is 120. The van der Waals surface area contributed by atoms with Gasteiger partial charge in [0.05, 0.1) is 0 Å². The third-order valence-electron chi connectivity index (χ3n) is 2.54. The van der Waals surface area contributed by atoms with Gasteiger partial charge in [0.15, 0.2) is 0 Å². The van der Waals surface area contributed by atoms with E-state index in [2.05, 4.69) is 0 Å². The number of amides is 1. The predicted molar refractivity (Wildman–Crippen MR) is 68.0 cm³/mol. The topological polar surface area (TPSA) is 20.3 Å². The normalized spacial score (nSPS) is 15.3. The molecular weight excluding hydrogens is 186 g/mol. The molecule has 0 unspecified atom stereocenters. The quantitative estimate of drug-likeness (QED) is 0.655. The molecule has 0 aliphatic heterocycles. The van der Waals surface area contributed by atoms with Gasteiger partial charge >= 0.3 is 0 Å². The maximum Gasteiger partial charge on any atom is 0.209 e. The first kappa shape index (κ1) is 16.9. The van der Waals surface area contributed by atoms with Gasteiger partial charge in [0.25, 0.3) is 0 Å². The molecule has 0 N–H and O–H groups in total. The van der Waals surface area contributed by atoms with Gasteiger partial charge in [-0.3, -0.25) is 4.79 Å². The summed E-state index contributed by atoms with van der Waals surface area (Å²) >= 11 is 0. The lowest BCUT2D eigenvalue weighted by atomic mass is 9.94. The molecule has 92 valence electrons. The van der Waals surface area contributed by atoms with Crippen LogP contribution in [0.4, 0.5) is 0 Å². The highest BCUT2D eigenvalue weighted by Crippen LogP contribution is 2.21. The largest absolute Gasteiger partial charge is 0.343 e. The van der Waals surface area contributed by atoms with Crippen LogP contribution in [0.25, 0.3) is 0 Å². The second kappa shape index (κ2) is 13.5. The van der Waals surface area contributed by atoms with E-state index < -0.39 is 0 Å². The molecule has 0 aromatic heterocycles. The number of carbonyl (C=O) groups excluding carboxylic acids is 1. The van der Waals surface area contributed by atoms with Crippen LogP contribution in [0, 0.1) is 0 Å². The van der Waals surface area contributed by atoms with E-state index in [1.54, 1.807) is 0 Å². The molecule has 0 atom stereocenters. The van der Waals surface area contributed by atoms with Crippen molar-refractivity contribution in [2.24, 2.45) is 0 Å². The van der Waals surface area contributed by atoms with Gasteiger partial charge in [-0.1, -0.05) is 47.0 Å². The second-order valence-corrected chi connectivity index (χ2v) is 3.23. The molecule has 0 spiro atoms. The van der Waals surface area contributed by atoms with Crippen molar-refractivity contribution >= 4 is 6.41 Å². The predicted octanol–water partition coefficient (Wildman–Crippen LogP) is 3.85. The van der Waals surface area contributed by atoms with E-state index in [0.717, 1.165) is 13.0 Å². The standard InChI is InChI=1S/C9H17NO.2C2H6/c1-2-10(8-11)9-6-4-3-5-7-9;2*1-2/h8-9H,2-7H2,1H3;2*1-2H3. The molecule has 0 radical (unpaired) electrons. The summed E-state index contributed by atoms with van der Waals surface area (Å²) in [5.41, 5.74) is 0. The maximum absolute atomic E-state index is 10.6. The number of carbonyl (C=O) groups is 1. The Morgan fingerprint density at radius 3 is 1.87 bits per heavy atom. The van der Waals surface area contributed by atoms with E-state index in [4.69, 9.17) is 0 Å². The molecule has 1 aliphatic rings. The highest BCUT2D eigenvalue weighted by atomic mass is 16.1. The van der Waals surface area contributed by atoms with Crippen LogP contribution in [0.5, 0.6) is 0 Å². The van der Waals surface area contributed by atoms with Crippen molar-refractivity contribution in [2.45, 2.75) is 72.8 Å². The molecule has 0 aromatic rings. The van der Waals surface area contributed by atoms with Gasteiger partial charge in [0.1, 0.15) is 0 Å². The summed E-state index contributed by atoms with van der Waals surface area (Å²) in [6.07, 6.45) is 7.38. The molecule has 1 rings (SSSR count). The summed E-state index contributed by atoms with van der Waals surface area (Å²) < 4.78 is 0. The summed E-state index contributed by atoms with van der Waals surface area (Å²) in [6.45, 7) is 10.9. The van der Waals surface area contributed by atoms with Crippen LogP contribution in [0.2, 0.25) is 0 Å². The lowest BCUT2D eigenvalue weighted by Crippen LogP contribution is -2.35. The molecule has 1 fully saturated rings. The zero-order valence-electron chi connectivity index (χ0n) is 11.3. The molecular formula is C13H29NO. The van der Waals surface area contributed by atoms with E-state index in [9.17, 15) is 4.79 Å². The fraction of sp³-hybridized carbons (Fsp3) is 0.923. The monoisotopic (exact) mass is 215 g/mol. The Labute approximate surface area is 96.0 Å². The molecule has 0 aromatic carbocycles. The van der Waals surface area contributed by atoms with Gasteiger partial charge in [-0.05, 0) is 19.8 Å². The minimum atomic E-state index is 0.547. The van der Waals surface area contributed by atoms with Crippen molar-refractivity contribution in [1.82, 2.24) is 4.90 Å². The number of rotatable bonds is 3. The first-order valence-electron chi connectivity index (χ1n) is 6.59. The van der Waals surface area contributed by atoms with Crippen LogP contribution in [-0.4, -0.2) is 23.9 Å². The molecule has 2 nitrogen and oxygen atoms in total. The van der Waals surface area contributed by atoms with Crippen molar-refractivity contribution in [3.63, 3.8) is 0 Å². The zero-order valence-corrected chi connectivity index (χ0v) is 11.3. The van der Waals surface area contributed by atoms with Gasteiger partial charge in [0, 0.05) is 12.6 Å². The van der Waals surface area contributed by atoms with Crippen LogP contribution in [0.1, 0.15) is 66.7 Å². The fourth-order valence-corrected chi connectivity index (χ4v) is 1.83. The van der Waals surface area contributed by atoms with Crippen molar-refractivity contribution < 1.29 is 4.79 Å². The first-order valence-corrected chi connectivity index (χ1v) is 6.59. The molecule has 1 saturated carbocycles. The molecule has 1 amide bonds. The maximum atomic E-state index is 10.6. The van der Waals surface area contributed by atoms with Crippen molar-refractivity contribution in [1.29, 1.82) is 0 Å². The number of hydrogen-bond donors (Lipinski definition) is 0. The highest BCUT2D eigenvalue weighted by Gasteiger charge is 2.17. The molecule has 15 heavy (non-hydrogen) atoms. The third-order valence-corrected chi connectivity index (χ3v) is 2.54. The van der Waals surface area contributed by atoms with Gasteiger partial charge in [0.2, 0.25) is 6.41 Å². The van der Waals surface area contributed by atoms with E-state index in [1.807, 2.05) is 39.5 Å². The average Bonchev–Trinajstić information content (AvgIpc) is 2.37. The smallest absolute Gasteiger partial charge is 0.209 e. The second-order valence-electron chi connectivity index (χ2n) is 3.23. The SMILES string of the molecule is CC.CC.CCN(C=O)C1CCCCC1. The average molecular weight is 215 g/mol. The van der Waals surface area contributed by atoms with Gasteiger partial charge < -0.3 is 4.90 Å². The Kier molecular flexibility index (Phi) is 15.2. The van der Waals surface area contributed by atoms with Crippen molar-refractivity contribution in [3.05, 3.63) is 0 Å². The van der Waals surface area contributed by atoms with Crippen LogP contribution >= 0.6 is 0 Å². The summed E-state index contributed by atoms with van der Waals surface area (Å²) in [5.74, 6) is 0. The van der Waals surface area contributed by atoms with Gasteiger partial charge in [-0.25, -0.2) is 0 Å². The zero-order chi connectivity index (χ0) is 12.1. The summed E-state index contributed by atoms with van der Waals surface area (Å²) in [4.78, 5) is 12.5. The summed E-state index contributed by atoms with van der Waals surface area (Å²) in [7, 11) is 0. The lowest BCUT2D eigenvalue weighted by Gasteiger charge is -2.30. The molecule has 0 heterocycles. The number of hydrogen-bond acceptors (Lipinski definition) is 1. The van der Waals surface area contributed by atoms with E-state index in [1.165, 1.54) is 32.1 Å². The molecule has 2 heteroatoms. The Balaban J connectivity index is 0. The van der Waals surface area contributed by atoms with Crippen molar-refractivity contribution in [2.75, 3.05) is 6.54 Å². The summed E-state index contributed by atoms with van der Waals surface area (Å²) in [5, 5.41) is 0. The fourth-order valence-electron chi connectivity index (χ4n) is 1.83. The van der Waals surface area contributed by atoms with Crippen LogP contribution in [0.3, 0.4) is 0 Å². The van der Waals surface area contributed by atoms with Crippen LogP contribution in [0.15, 0.2) is 0 Å². The lowest BCUT2D eigenvalue weighted by molar-refractivity contribution is -0.120. The summed E-state index contributed by atoms with van der Waals surface area (Å²) in [6, 6.07) is 0.547. The minimum Gasteiger partial charge on any atom is -0.343 e. The molecule has 1 aliphatic carbocycles. The van der Waals surface area contributed by atoms with E-state index in [-0.39, 0.29) is 0 Å². The Morgan fingerprint density at radius 2 is 1.53 bits per heavy atom. The van der Waals surface area contributed by atoms with E-state index in [0.29, 0.717) is 6.04 Å². The molecule has 0 saturated heterocycles. The minimum absolute atomic E-state index is 0.547. The van der Waals surface area contributed by atoms with E-state index >= 15 is 0 Å². The van der Waals surface area contributed by atoms with Crippen LogP contribution < -0.4 is 0 Å².